The summed E-state index contributed by atoms with van der Waals surface area (Å²) in [7, 11) is -4.66. The largest absolute Gasteiger partial charge is 0.472 e. The number of carbonyl (C=O) groups excluding carboxylic acids is 2. The number of rotatable bonds is 41. The third kappa shape index (κ3) is 43.1. The molecule has 0 aromatic heterocycles. The molecule has 0 saturated heterocycles. The van der Waals surface area contributed by atoms with Crippen molar-refractivity contribution in [1.82, 2.24) is 0 Å². The highest BCUT2D eigenvalue weighted by molar-refractivity contribution is 7.47. The first-order valence-electron chi connectivity index (χ1n) is 22.8. The summed E-state index contributed by atoms with van der Waals surface area (Å²) in [6.07, 6.45) is 56.3. The van der Waals surface area contributed by atoms with Crippen molar-refractivity contribution in [3.05, 3.63) is 109 Å². The molecule has 0 bridgehead atoms. The van der Waals surface area contributed by atoms with Gasteiger partial charge < -0.3 is 24.6 Å². The molecule has 0 rings (SSSR count). The Morgan fingerprint density at radius 3 is 1.05 bits per heavy atom. The lowest BCUT2D eigenvalue weighted by molar-refractivity contribution is -0.153. The second kappa shape index (κ2) is 44.7. The van der Waals surface area contributed by atoms with E-state index in [0.717, 1.165) is 116 Å². The van der Waals surface area contributed by atoms with E-state index < -0.39 is 58.4 Å². The van der Waals surface area contributed by atoms with Crippen LogP contribution >= 0.6 is 7.82 Å². The molecule has 0 aliphatic carbocycles. The fourth-order valence-corrected chi connectivity index (χ4v) is 6.33. The van der Waals surface area contributed by atoms with Gasteiger partial charge in [0.2, 0.25) is 0 Å². The van der Waals surface area contributed by atoms with Crippen LogP contribution in [0.5, 0.6) is 0 Å². The molecule has 0 fully saturated rings. The molecule has 11 heteroatoms. The van der Waals surface area contributed by atoms with Crippen molar-refractivity contribution < 1.29 is 47.8 Å². The summed E-state index contributed by atoms with van der Waals surface area (Å²) in [6.45, 7) is 1.91. The average molecular weight is 873 g/mol. The second-order valence-electron chi connectivity index (χ2n) is 14.6. The van der Waals surface area contributed by atoms with E-state index in [-0.39, 0.29) is 12.8 Å². The third-order valence-electron chi connectivity index (χ3n) is 8.98. The van der Waals surface area contributed by atoms with Gasteiger partial charge in [0, 0.05) is 12.8 Å². The minimum absolute atomic E-state index is 0.145. The van der Waals surface area contributed by atoms with Gasteiger partial charge in [-0.3, -0.25) is 18.6 Å². The molecule has 0 radical (unpaired) electrons. The predicted octanol–water partition coefficient (Wildman–Crippen LogP) is 12.6. The van der Waals surface area contributed by atoms with Crippen LogP contribution in [-0.4, -0.2) is 65.7 Å². The predicted molar refractivity (Wildman–Crippen MR) is 251 cm³/mol. The van der Waals surface area contributed by atoms with Crippen LogP contribution < -0.4 is 0 Å². The maximum absolute atomic E-state index is 12.4. The lowest BCUT2D eigenvalue weighted by Crippen LogP contribution is -2.28. The number of unbranched alkanes of at least 4 members (excludes halogenated alkanes) is 9. The Bertz CT molecular complexity index is 1370. The standard InChI is InChI=1S/C50H81O10P/c1-3-5-7-9-11-13-15-17-19-21-23-25-27-29-31-33-35-37-39-41-49(53)59-47(43-51)45-57-61(55,56)58-46-48(44-52)60-50(54)42-40-38-36-34-32-30-28-26-24-22-20-18-16-14-12-10-8-6-4-2/h5-8,11-14,17-20,23-26,29,31,47-48,51-52H,3-4,9-10,15-16,21-22,27-28,30,32-46H2,1-2H3,(H,55,56)/b7-5-,8-6-,13-11-,14-12-,19-17-,20-18-,25-23-,26-24-,31-29-. The zero-order valence-electron chi connectivity index (χ0n) is 37.6. The number of aliphatic hydroxyl groups excluding tert-OH is 2. The molecule has 3 unspecified atom stereocenters. The third-order valence-corrected chi connectivity index (χ3v) is 9.93. The van der Waals surface area contributed by atoms with E-state index in [1.54, 1.807) is 0 Å². The first-order chi connectivity index (χ1) is 29.8. The number of carbonyl (C=O) groups is 2. The number of hydrogen-bond donors (Lipinski definition) is 3. The van der Waals surface area contributed by atoms with E-state index in [1.165, 1.54) is 0 Å². The number of esters is 2. The number of allylic oxidation sites excluding steroid dienone is 18. The van der Waals surface area contributed by atoms with Crippen molar-refractivity contribution in [3.8, 4) is 0 Å². The highest BCUT2D eigenvalue weighted by Gasteiger charge is 2.27. The number of phosphoric ester groups is 1. The summed E-state index contributed by atoms with van der Waals surface area (Å²) >= 11 is 0. The minimum Gasteiger partial charge on any atom is -0.457 e. The van der Waals surface area contributed by atoms with E-state index in [0.29, 0.717) is 12.8 Å². The van der Waals surface area contributed by atoms with Crippen LogP contribution in [0.25, 0.3) is 0 Å². The van der Waals surface area contributed by atoms with E-state index in [2.05, 4.69) is 123 Å². The van der Waals surface area contributed by atoms with Crippen molar-refractivity contribution in [1.29, 1.82) is 0 Å². The van der Waals surface area contributed by atoms with E-state index in [1.807, 2.05) is 0 Å². The molecule has 10 nitrogen and oxygen atoms in total. The van der Waals surface area contributed by atoms with Gasteiger partial charge in [-0.2, -0.15) is 0 Å². The van der Waals surface area contributed by atoms with Gasteiger partial charge in [0.15, 0.2) is 0 Å². The van der Waals surface area contributed by atoms with Gasteiger partial charge in [-0.1, -0.05) is 155 Å². The molecule has 0 spiro atoms. The summed E-state index contributed by atoms with van der Waals surface area (Å²) in [6, 6.07) is 0. The van der Waals surface area contributed by atoms with Crippen LogP contribution in [0, 0.1) is 0 Å². The molecule has 0 saturated carbocycles. The van der Waals surface area contributed by atoms with Gasteiger partial charge in [0.1, 0.15) is 12.2 Å². The Kier molecular flexibility index (Phi) is 42.2. The number of ether oxygens (including phenoxy) is 2. The minimum atomic E-state index is -4.66. The van der Waals surface area contributed by atoms with Crippen LogP contribution in [0.2, 0.25) is 0 Å². The average Bonchev–Trinajstić information content (AvgIpc) is 3.25. The molecule has 0 aliphatic rings. The zero-order valence-corrected chi connectivity index (χ0v) is 38.5. The summed E-state index contributed by atoms with van der Waals surface area (Å²) in [5.74, 6) is -1.08. The van der Waals surface area contributed by atoms with Gasteiger partial charge in [0.05, 0.1) is 26.4 Å². The summed E-state index contributed by atoms with van der Waals surface area (Å²) < 4.78 is 32.6. The molecule has 0 aliphatic heterocycles. The first-order valence-corrected chi connectivity index (χ1v) is 24.3. The highest BCUT2D eigenvalue weighted by Crippen LogP contribution is 2.43. The molecular formula is C50H81O10P. The van der Waals surface area contributed by atoms with E-state index in [9.17, 15) is 29.3 Å². The fraction of sp³-hybridized carbons (Fsp3) is 0.600. The smallest absolute Gasteiger partial charge is 0.457 e. The summed E-state index contributed by atoms with van der Waals surface area (Å²) in [4.78, 5) is 34.6. The second-order valence-corrected chi connectivity index (χ2v) is 16.1. The molecule has 0 amide bonds. The Morgan fingerprint density at radius 2 is 0.721 bits per heavy atom. The van der Waals surface area contributed by atoms with Crippen molar-refractivity contribution in [2.75, 3.05) is 26.4 Å². The fourth-order valence-electron chi connectivity index (χ4n) is 5.54. The van der Waals surface area contributed by atoms with Gasteiger partial charge in [-0.25, -0.2) is 4.57 Å². The molecule has 0 aromatic rings. The zero-order chi connectivity index (χ0) is 44.8. The highest BCUT2D eigenvalue weighted by atomic mass is 31.2. The number of hydrogen-bond acceptors (Lipinski definition) is 9. The Hall–Kier alpha value is -3.37. The normalized spacial score (nSPS) is 14.8. The van der Waals surface area contributed by atoms with Crippen molar-refractivity contribution in [2.24, 2.45) is 0 Å². The van der Waals surface area contributed by atoms with Gasteiger partial charge in [-0.05, 0) is 96.3 Å². The Labute approximate surface area is 369 Å². The quantitative estimate of drug-likeness (QED) is 0.0235. The van der Waals surface area contributed by atoms with Gasteiger partial charge >= 0.3 is 19.8 Å². The number of aliphatic hydroxyl groups is 2. The maximum Gasteiger partial charge on any atom is 0.472 e. The van der Waals surface area contributed by atoms with Crippen LogP contribution in [0.15, 0.2) is 109 Å². The SMILES string of the molecule is CC/C=C\C/C=C\C/C=C\C/C=C\C/C=C\CCCCCC(=O)OC(CO)COP(=O)(O)OCC(CO)OC(=O)CCCCCCCC/C=C\C/C=C\C/C=C\C/C=C\CC. The summed E-state index contributed by atoms with van der Waals surface area (Å²) in [5, 5.41) is 19.2. The van der Waals surface area contributed by atoms with E-state index >= 15 is 0 Å². The van der Waals surface area contributed by atoms with Crippen molar-refractivity contribution in [2.45, 2.75) is 167 Å². The Morgan fingerprint density at radius 1 is 0.443 bits per heavy atom. The van der Waals surface area contributed by atoms with Gasteiger partial charge in [0.25, 0.3) is 0 Å². The first kappa shape index (κ1) is 57.6. The maximum atomic E-state index is 12.4. The van der Waals surface area contributed by atoms with E-state index in [4.69, 9.17) is 18.5 Å². The summed E-state index contributed by atoms with van der Waals surface area (Å²) in [5.41, 5.74) is 0. The molecule has 3 atom stereocenters. The molecular weight excluding hydrogens is 792 g/mol. The number of phosphoric acid groups is 1. The van der Waals surface area contributed by atoms with Crippen LogP contribution in [-0.2, 0) is 32.7 Å². The van der Waals surface area contributed by atoms with Crippen molar-refractivity contribution >= 4 is 19.8 Å². The van der Waals surface area contributed by atoms with Crippen molar-refractivity contribution in [3.63, 3.8) is 0 Å². The molecule has 346 valence electrons. The van der Waals surface area contributed by atoms with Gasteiger partial charge in [-0.15, -0.1) is 0 Å². The van der Waals surface area contributed by atoms with Crippen LogP contribution in [0.4, 0.5) is 0 Å². The van der Waals surface area contributed by atoms with Crippen LogP contribution in [0.3, 0.4) is 0 Å². The monoisotopic (exact) mass is 873 g/mol. The lowest BCUT2D eigenvalue weighted by Gasteiger charge is -2.20. The topological polar surface area (TPSA) is 149 Å². The van der Waals surface area contributed by atoms with Crippen LogP contribution in [0.1, 0.15) is 155 Å². The lowest BCUT2D eigenvalue weighted by atomic mass is 10.1. The Balaban J connectivity index is 4.00. The molecule has 0 heterocycles. The molecule has 0 aromatic carbocycles. The molecule has 61 heavy (non-hydrogen) atoms. The molecule has 3 N–H and O–H groups in total.